The molecular formula is C25H22F2N4O4S. The van der Waals surface area contributed by atoms with Gasteiger partial charge in [0, 0.05) is 36.3 Å². The summed E-state index contributed by atoms with van der Waals surface area (Å²) in [5.74, 6) is -2.19. The molecule has 186 valence electrons. The Morgan fingerprint density at radius 1 is 1.17 bits per heavy atom. The summed E-state index contributed by atoms with van der Waals surface area (Å²) in [7, 11) is -4.01. The smallest absolute Gasteiger partial charge is 0.248 e. The predicted octanol–water partition coefficient (Wildman–Crippen LogP) is 4.34. The van der Waals surface area contributed by atoms with Crippen LogP contribution >= 0.6 is 0 Å². The fourth-order valence-corrected chi connectivity index (χ4v) is 5.68. The third-order valence-electron chi connectivity index (χ3n) is 5.91. The van der Waals surface area contributed by atoms with Crippen molar-refractivity contribution in [1.29, 1.82) is 5.26 Å². The summed E-state index contributed by atoms with van der Waals surface area (Å²) in [6, 6.07) is 11.5. The summed E-state index contributed by atoms with van der Waals surface area (Å²) in [4.78, 5) is 12.5. The lowest BCUT2D eigenvalue weighted by Gasteiger charge is -2.30. The highest BCUT2D eigenvalue weighted by Crippen LogP contribution is 2.30. The molecule has 0 radical (unpaired) electrons. The molecule has 0 bridgehead atoms. The third kappa shape index (κ3) is 5.35. The van der Waals surface area contributed by atoms with Crippen molar-refractivity contribution in [1.82, 2.24) is 9.46 Å². The monoisotopic (exact) mass is 512 g/mol. The molecule has 4 rings (SSSR count). The number of halogens is 2. The lowest BCUT2D eigenvalue weighted by atomic mass is 9.97. The first-order valence-corrected chi connectivity index (χ1v) is 12.5. The largest absolute Gasteiger partial charge is 0.355 e. The molecule has 1 amide bonds. The first-order valence-electron chi connectivity index (χ1n) is 11.1. The highest BCUT2D eigenvalue weighted by Gasteiger charge is 2.36. The Kier molecular flexibility index (Phi) is 7.28. The van der Waals surface area contributed by atoms with Crippen LogP contribution in [0.5, 0.6) is 0 Å². The second-order valence-corrected chi connectivity index (χ2v) is 10.2. The average molecular weight is 513 g/mol. The molecule has 0 atom stereocenters. The van der Waals surface area contributed by atoms with Crippen LogP contribution in [-0.2, 0) is 14.8 Å². The van der Waals surface area contributed by atoms with Crippen molar-refractivity contribution >= 4 is 33.8 Å². The number of aromatic nitrogens is 1. The van der Waals surface area contributed by atoms with Crippen LogP contribution in [0.15, 0.2) is 51.9 Å². The Labute approximate surface area is 206 Å². The number of rotatable bonds is 6. The van der Waals surface area contributed by atoms with Crippen LogP contribution in [0.1, 0.15) is 35.4 Å². The number of nitrogens with zero attached hydrogens (tertiary/aromatic N) is 3. The van der Waals surface area contributed by atoms with E-state index in [0.717, 1.165) is 12.1 Å². The van der Waals surface area contributed by atoms with Gasteiger partial charge in [-0.25, -0.2) is 17.2 Å². The average Bonchev–Trinajstić information content (AvgIpc) is 3.25. The van der Waals surface area contributed by atoms with Gasteiger partial charge in [-0.05, 0) is 68.3 Å². The van der Waals surface area contributed by atoms with E-state index >= 15 is 0 Å². The Morgan fingerprint density at radius 2 is 1.86 bits per heavy atom. The second kappa shape index (κ2) is 10.4. The van der Waals surface area contributed by atoms with Gasteiger partial charge in [0.2, 0.25) is 15.9 Å². The maximum atomic E-state index is 13.9. The van der Waals surface area contributed by atoms with Crippen LogP contribution in [0.2, 0.25) is 0 Å². The zero-order valence-corrected chi connectivity index (χ0v) is 20.1. The minimum atomic E-state index is -4.01. The molecule has 1 aliphatic rings. The van der Waals surface area contributed by atoms with Crippen LogP contribution in [0, 0.1) is 35.8 Å². The molecule has 1 aliphatic heterocycles. The zero-order valence-electron chi connectivity index (χ0n) is 19.2. The Hall–Kier alpha value is -3.88. The van der Waals surface area contributed by atoms with Crippen molar-refractivity contribution in [2.45, 2.75) is 24.7 Å². The van der Waals surface area contributed by atoms with E-state index < -0.39 is 21.7 Å². The van der Waals surface area contributed by atoms with E-state index in [9.17, 15) is 22.0 Å². The number of anilines is 1. The molecular weight excluding hydrogens is 490 g/mol. The Balaban J connectivity index is 1.45. The highest BCUT2D eigenvalue weighted by atomic mass is 32.2. The maximum Gasteiger partial charge on any atom is 0.248 e. The number of piperidine rings is 1. The Bertz CT molecular complexity index is 1450. The SMILES string of the molecule is Cc1noc(/C=C/c2ccc(F)cc2F)c1S(=O)(=O)N1CCC(C(=O)Nc2ccc(C#N)cc2)CC1. The van der Waals surface area contributed by atoms with Gasteiger partial charge in [-0.1, -0.05) is 5.16 Å². The van der Waals surface area contributed by atoms with Crippen LogP contribution in [-0.4, -0.2) is 36.9 Å². The van der Waals surface area contributed by atoms with Gasteiger partial charge >= 0.3 is 0 Å². The second-order valence-electron chi connectivity index (χ2n) is 8.32. The predicted molar refractivity (Wildman–Crippen MR) is 128 cm³/mol. The molecule has 1 N–H and O–H groups in total. The number of nitrogens with one attached hydrogen (secondary N) is 1. The van der Waals surface area contributed by atoms with Gasteiger partial charge < -0.3 is 9.84 Å². The molecule has 0 aliphatic carbocycles. The van der Waals surface area contributed by atoms with Crippen LogP contribution in [0.25, 0.3) is 12.2 Å². The van der Waals surface area contributed by atoms with Crippen LogP contribution in [0.4, 0.5) is 14.5 Å². The first kappa shape index (κ1) is 25.2. The maximum absolute atomic E-state index is 13.9. The third-order valence-corrected chi connectivity index (χ3v) is 7.97. The summed E-state index contributed by atoms with van der Waals surface area (Å²) in [6.45, 7) is 1.73. The summed E-state index contributed by atoms with van der Waals surface area (Å²) in [5.41, 5.74) is 1.24. The molecule has 0 saturated carbocycles. The van der Waals surface area contributed by atoms with E-state index in [1.165, 1.54) is 29.4 Å². The molecule has 2 heterocycles. The van der Waals surface area contributed by atoms with Gasteiger partial charge in [0.1, 0.15) is 17.3 Å². The van der Waals surface area contributed by atoms with Gasteiger partial charge in [-0.15, -0.1) is 0 Å². The molecule has 3 aromatic rings. The normalized spacial score (nSPS) is 15.2. The molecule has 1 fully saturated rings. The summed E-state index contributed by atoms with van der Waals surface area (Å²) in [6.07, 6.45) is 3.20. The molecule has 1 aromatic heterocycles. The minimum absolute atomic E-state index is 0.0582. The van der Waals surface area contributed by atoms with Crippen molar-refractivity contribution in [2.24, 2.45) is 5.92 Å². The number of benzene rings is 2. The number of nitriles is 1. The minimum Gasteiger partial charge on any atom is -0.355 e. The Morgan fingerprint density at radius 3 is 2.50 bits per heavy atom. The van der Waals surface area contributed by atoms with E-state index in [4.69, 9.17) is 9.78 Å². The molecule has 36 heavy (non-hydrogen) atoms. The molecule has 8 nitrogen and oxygen atoms in total. The number of carbonyl (C=O) groups excluding carboxylic acids is 1. The van der Waals surface area contributed by atoms with Gasteiger partial charge in [0.25, 0.3) is 0 Å². The number of hydrogen-bond donors (Lipinski definition) is 1. The van der Waals surface area contributed by atoms with Crippen molar-refractivity contribution in [3.8, 4) is 6.07 Å². The van der Waals surface area contributed by atoms with Crippen molar-refractivity contribution in [2.75, 3.05) is 18.4 Å². The number of hydrogen-bond acceptors (Lipinski definition) is 6. The first-order chi connectivity index (χ1) is 17.2. The van der Waals surface area contributed by atoms with E-state index in [1.54, 1.807) is 24.3 Å². The van der Waals surface area contributed by atoms with Gasteiger partial charge in [0.15, 0.2) is 10.7 Å². The van der Waals surface area contributed by atoms with Gasteiger partial charge in [-0.2, -0.15) is 9.57 Å². The number of sulfonamides is 1. The number of carbonyl (C=O) groups is 1. The molecule has 0 unspecified atom stereocenters. The lowest BCUT2D eigenvalue weighted by molar-refractivity contribution is -0.120. The number of amides is 1. The van der Waals surface area contributed by atoms with E-state index in [2.05, 4.69) is 10.5 Å². The molecule has 2 aromatic carbocycles. The quantitative estimate of drug-likeness (QED) is 0.525. The van der Waals surface area contributed by atoms with Crippen LogP contribution in [0.3, 0.4) is 0 Å². The fraction of sp³-hybridized carbons (Fsp3) is 0.240. The molecule has 11 heteroatoms. The molecule has 0 spiro atoms. The standard InChI is InChI=1S/C25H22F2N4O4S/c1-16-24(23(35-30-16)9-5-18-4-6-20(26)14-22(18)27)36(33,34)31-12-10-19(11-13-31)25(32)29-21-7-2-17(15-28)3-8-21/h2-9,14,19H,10-13H2,1H3,(H,29,32)/b9-5+. The van der Waals surface area contributed by atoms with Crippen molar-refractivity contribution < 1.29 is 26.5 Å². The number of aryl methyl sites for hydroxylation is 1. The summed E-state index contributed by atoms with van der Waals surface area (Å²) in [5, 5.41) is 15.4. The van der Waals surface area contributed by atoms with Gasteiger partial charge in [0.05, 0.1) is 11.6 Å². The van der Waals surface area contributed by atoms with Crippen molar-refractivity contribution in [3.05, 3.63) is 76.7 Å². The lowest BCUT2D eigenvalue weighted by Crippen LogP contribution is -2.41. The van der Waals surface area contributed by atoms with Gasteiger partial charge in [-0.3, -0.25) is 4.79 Å². The fourth-order valence-electron chi connectivity index (χ4n) is 3.96. The topological polar surface area (TPSA) is 116 Å². The van der Waals surface area contributed by atoms with Crippen molar-refractivity contribution in [3.63, 3.8) is 0 Å². The van der Waals surface area contributed by atoms with E-state index in [1.807, 2.05) is 6.07 Å². The van der Waals surface area contributed by atoms with Crippen LogP contribution < -0.4 is 5.32 Å². The summed E-state index contributed by atoms with van der Waals surface area (Å²) < 4.78 is 60.3. The van der Waals surface area contributed by atoms with E-state index in [0.29, 0.717) is 24.1 Å². The zero-order chi connectivity index (χ0) is 25.9. The highest BCUT2D eigenvalue weighted by molar-refractivity contribution is 7.89. The van der Waals surface area contributed by atoms with E-state index in [-0.39, 0.29) is 46.8 Å². The molecule has 1 saturated heterocycles. The summed E-state index contributed by atoms with van der Waals surface area (Å²) >= 11 is 0.